The summed E-state index contributed by atoms with van der Waals surface area (Å²) in [6, 6.07) is 8.18. The molecule has 4 rings (SSSR count). The van der Waals surface area contributed by atoms with E-state index in [2.05, 4.69) is 16.0 Å². The maximum Gasteiger partial charge on any atom is 0.350 e. The predicted octanol–water partition coefficient (Wildman–Crippen LogP) is 4.63. The number of aryl methyl sites for hydroxylation is 1. The number of esters is 1. The highest BCUT2D eigenvalue weighted by Gasteiger charge is 2.18. The number of hydrogen-bond acceptors (Lipinski definition) is 7. The van der Waals surface area contributed by atoms with Crippen molar-refractivity contribution in [3.63, 3.8) is 0 Å². The number of carbonyl (C=O) groups excluding carboxylic acids is 1. The van der Waals surface area contributed by atoms with Crippen LogP contribution in [0.25, 0.3) is 21.5 Å². The molecule has 4 aromatic rings. The monoisotopic (exact) mass is 408 g/mol. The molecular formula is C20H16N4O2S2. The molecule has 0 fully saturated rings. The number of ether oxygens (including phenoxy) is 1. The molecule has 1 aromatic carbocycles. The molecule has 0 radical (unpaired) electrons. The van der Waals surface area contributed by atoms with E-state index in [4.69, 9.17) is 4.74 Å². The maximum absolute atomic E-state index is 12.1. The Kier molecular flexibility index (Phi) is 4.94. The Bertz CT molecular complexity index is 1200. The predicted molar refractivity (Wildman–Crippen MR) is 110 cm³/mol. The van der Waals surface area contributed by atoms with Crippen molar-refractivity contribution in [2.45, 2.75) is 20.4 Å². The van der Waals surface area contributed by atoms with Crippen LogP contribution in [0.5, 0.6) is 0 Å². The van der Waals surface area contributed by atoms with Crippen molar-refractivity contribution in [2.24, 2.45) is 0 Å². The SMILES string of the molecule is CCOC(=O)c1sc(-c2ccc3c(c2)c(C#N)cn3Cc2nccs2)nc1C. The molecular weight excluding hydrogens is 392 g/mol. The smallest absolute Gasteiger partial charge is 0.350 e. The van der Waals surface area contributed by atoms with E-state index in [-0.39, 0.29) is 5.97 Å². The number of nitriles is 1. The van der Waals surface area contributed by atoms with Gasteiger partial charge in [0, 0.05) is 34.2 Å². The maximum atomic E-state index is 12.1. The molecule has 6 nitrogen and oxygen atoms in total. The van der Waals surface area contributed by atoms with E-state index in [1.54, 1.807) is 31.4 Å². The van der Waals surface area contributed by atoms with Gasteiger partial charge in [-0.2, -0.15) is 5.26 Å². The lowest BCUT2D eigenvalue weighted by atomic mass is 10.1. The van der Waals surface area contributed by atoms with Crippen LogP contribution < -0.4 is 0 Å². The first-order valence-electron chi connectivity index (χ1n) is 8.67. The van der Waals surface area contributed by atoms with Crippen LogP contribution >= 0.6 is 22.7 Å². The van der Waals surface area contributed by atoms with Gasteiger partial charge in [-0.15, -0.1) is 22.7 Å². The van der Waals surface area contributed by atoms with Crippen LogP contribution in [0.3, 0.4) is 0 Å². The number of aromatic nitrogens is 3. The summed E-state index contributed by atoms with van der Waals surface area (Å²) in [5, 5.41) is 14.1. The van der Waals surface area contributed by atoms with Gasteiger partial charge >= 0.3 is 5.97 Å². The van der Waals surface area contributed by atoms with Crippen LogP contribution in [0.2, 0.25) is 0 Å². The van der Waals surface area contributed by atoms with Gasteiger partial charge in [0.2, 0.25) is 0 Å². The second-order valence-electron chi connectivity index (χ2n) is 6.09. The summed E-state index contributed by atoms with van der Waals surface area (Å²) < 4.78 is 7.13. The highest BCUT2D eigenvalue weighted by Crippen LogP contribution is 2.32. The summed E-state index contributed by atoms with van der Waals surface area (Å²) in [7, 11) is 0. The third kappa shape index (κ3) is 3.30. The fourth-order valence-electron chi connectivity index (χ4n) is 3.03. The minimum absolute atomic E-state index is 0.329. The number of benzene rings is 1. The van der Waals surface area contributed by atoms with E-state index in [1.807, 2.05) is 34.3 Å². The number of hydrogen-bond donors (Lipinski definition) is 0. The zero-order valence-electron chi connectivity index (χ0n) is 15.3. The summed E-state index contributed by atoms with van der Waals surface area (Å²) in [4.78, 5) is 21.4. The first-order chi connectivity index (χ1) is 13.6. The van der Waals surface area contributed by atoms with Gasteiger partial charge in [-0.1, -0.05) is 0 Å². The summed E-state index contributed by atoms with van der Waals surface area (Å²) in [5.41, 5.74) is 3.10. The summed E-state index contributed by atoms with van der Waals surface area (Å²) in [6.07, 6.45) is 3.63. The number of carbonyl (C=O) groups is 1. The Morgan fingerprint density at radius 1 is 1.39 bits per heavy atom. The highest BCUT2D eigenvalue weighted by molar-refractivity contribution is 7.17. The topological polar surface area (TPSA) is 80.8 Å². The lowest BCUT2D eigenvalue weighted by Crippen LogP contribution is -2.03. The van der Waals surface area contributed by atoms with Crippen LogP contribution in [0.1, 0.15) is 32.9 Å². The molecule has 8 heteroatoms. The summed E-state index contributed by atoms with van der Waals surface area (Å²) in [5.74, 6) is -0.350. The van der Waals surface area contributed by atoms with Gasteiger partial charge in [-0.3, -0.25) is 0 Å². The van der Waals surface area contributed by atoms with Crippen molar-refractivity contribution >= 4 is 39.5 Å². The molecule has 0 unspecified atom stereocenters. The Labute approximate surface area is 169 Å². The molecule has 140 valence electrons. The van der Waals surface area contributed by atoms with Crippen molar-refractivity contribution in [1.82, 2.24) is 14.5 Å². The zero-order valence-corrected chi connectivity index (χ0v) is 16.9. The third-order valence-corrected chi connectivity index (χ3v) is 6.25. The molecule has 0 aliphatic rings. The third-order valence-electron chi connectivity index (χ3n) is 4.29. The van der Waals surface area contributed by atoms with Crippen molar-refractivity contribution in [3.8, 4) is 16.6 Å². The van der Waals surface area contributed by atoms with E-state index >= 15 is 0 Å². The quantitative estimate of drug-likeness (QED) is 0.450. The molecule has 0 saturated heterocycles. The van der Waals surface area contributed by atoms with Crippen molar-refractivity contribution < 1.29 is 9.53 Å². The lowest BCUT2D eigenvalue weighted by Gasteiger charge is -2.03. The number of rotatable bonds is 5. The largest absolute Gasteiger partial charge is 0.462 e. The van der Waals surface area contributed by atoms with Gasteiger partial charge in [0.25, 0.3) is 0 Å². The molecule has 3 aromatic heterocycles. The first-order valence-corrected chi connectivity index (χ1v) is 10.4. The van der Waals surface area contributed by atoms with Crippen molar-refractivity contribution in [2.75, 3.05) is 6.61 Å². The van der Waals surface area contributed by atoms with E-state index in [0.717, 1.165) is 26.5 Å². The zero-order chi connectivity index (χ0) is 19.7. The second kappa shape index (κ2) is 7.54. The Balaban J connectivity index is 1.75. The van der Waals surface area contributed by atoms with Crippen LogP contribution in [0, 0.1) is 18.3 Å². The molecule has 28 heavy (non-hydrogen) atoms. The molecule has 0 aliphatic carbocycles. The Morgan fingerprint density at radius 3 is 2.96 bits per heavy atom. The van der Waals surface area contributed by atoms with E-state index in [9.17, 15) is 10.1 Å². The van der Waals surface area contributed by atoms with Gasteiger partial charge in [-0.25, -0.2) is 14.8 Å². The Hall–Kier alpha value is -3.02. The summed E-state index contributed by atoms with van der Waals surface area (Å²) >= 11 is 2.90. The molecule has 0 bridgehead atoms. The molecule has 0 atom stereocenters. The number of nitrogens with zero attached hydrogens (tertiary/aromatic N) is 4. The normalized spacial score (nSPS) is 10.9. The van der Waals surface area contributed by atoms with Crippen LogP contribution in [0.4, 0.5) is 0 Å². The minimum Gasteiger partial charge on any atom is -0.462 e. The van der Waals surface area contributed by atoms with Gasteiger partial charge in [0.1, 0.15) is 21.0 Å². The van der Waals surface area contributed by atoms with Crippen LogP contribution in [0.15, 0.2) is 36.0 Å². The van der Waals surface area contributed by atoms with E-state index in [0.29, 0.717) is 29.3 Å². The van der Waals surface area contributed by atoms with Gasteiger partial charge < -0.3 is 9.30 Å². The van der Waals surface area contributed by atoms with Gasteiger partial charge in [-0.05, 0) is 32.0 Å². The second-order valence-corrected chi connectivity index (χ2v) is 8.07. The molecule has 0 saturated carbocycles. The van der Waals surface area contributed by atoms with Crippen molar-refractivity contribution in [3.05, 3.63) is 57.1 Å². The number of thiazole rings is 2. The summed E-state index contributed by atoms with van der Waals surface area (Å²) in [6.45, 7) is 4.53. The molecule has 0 N–H and O–H groups in total. The fourth-order valence-corrected chi connectivity index (χ4v) is 4.60. The van der Waals surface area contributed by atoms with Crippen molar-refractivity contribution in [1.29, 1.82) is 5.26 Å². The molecule has 0 amide bonds. The minimum atomic E-state index is -0.350. The highest BCUT2D eigenvalue weighted by atomic mass is 32.1. The average molecular weight is 409 g/mol. The van der Waals surface area contributed by atoms with E-state index in [1.165, 1.54) is 11.3 Å². The molecule has 0 aliphatic heterocycles. The Morgan fingerprint density at radius 2 is 2.25 bits per heavy atom. The number of fused-ring (bicyclic) bond motifs is 1. The fraction of sp³-hybridized carbons (Fsp3) is 0.200. The molecule has 0 spiro atoms. The molecule has 3 heterocycles. The lowest BCUT2D eigenvalue weighted by molar-refractivity contribution is 0.0531. The van der Waals surface area contributed by atoms with E-state index < -0.39 is 0 Å². The van der Waals surface area contributed by atoms with Gasteiger partial charge in [0.15, 0.2) is 0 Å². The van der Waals surface area contributed by atoms with Crippen LogP contribution in [-0.4, -0.2) is 27.1 Å². The van der Waals surface area contributed by atoms with Crippen LogP contribution in [-0.2, 0) is 11.3 Å². The standard InChI is InChI=1S/C20H16N4O2S2/c1-3-26-20(25)18-12(2)23-19(28-18)13-4-5-16-15(8-13)14(9-21)10-24(16)11-17-22-6-7-27-17/h4-8,10H,3,11H2,1-2H3. The first kappa shape index (κ1) is 18.3. The average Bonchev–Trinajstić information content (AvgIpc) is 3.41. The van der Waals surface area contributed by atoms with Gasteiger partial charge in [0.05, 0.1) is 24.4 Å².